The van der Waals surface area contributed by atoms with Crippen molar-refractivity contribution >= 4 is 39.1 Å². The van der Waals surface area contributed by atoms with Crippen LogP contribution in [-0.4, -0.2) is 24.2 Å². The molecule has 19 heavy (non-hydrogen) atoms. The van der Waals surface area contributed by atoms with Gasteiger partial charge < -0.3 is 9.30 Å². The van der Waals surface area contributed by atoms with Gasteiger partial charge in [-0.3, -0.25) is 4.79 Å². The molecule has 0 saturated carbocycles. The molecule has 1 heterocycles. The fourth-order valence-electron chi connectivity index (χ4n) is 1.75. The maximum absolute atomic E-state index is 11.5. The van der Waals surface area contributed by atoms with E-state index in [1.165, 1.54) is 11.3 Å². The summed E-state index contributed by atoms with van der Waals surface area (Å²) >= 11 is 7.71. The molecule has 0 fully saturated rings. The first-order chi connectivity index (χ1) is 9.17. The first-order valence-corrected chi connectivity index (χ1v) is 7.21. The number of fused-ring (bicyclic) bond motifs is 1. The quantitative estimate of drug-likeness (QED) is 0.871. The molecule has 0 atom stereocenters. The highest BCUT2D eigenvalue weighted by atomic mass is 35.5. The lowest BCUT2D eigenvalue weighted by Gasteiger charge is -2.05. The number of ether oxygens (including phenoxy) is 1. The second-order valence-electron chi connectivity index (χ2n) is 3.97. The number of aromatic nitrogens is 1. The Hall–Kier alpha value is -1.17. The molecule has 1 aromatic carbocycles. The van der Waals surface area contributed by atoms with Crippen molar-refractivity contribution in [2.45, 2.75) is 19.9 Å². The first kappa shape index (κ1) is 14.2. The highest BCUT2D eigenvalue weighted by Gasteiger charge is 2.10. The van der Waals surface area contributed by atoms with E-state index in [-0.39, 0.29) is 5.91 Å². The molecule has 1 amide bonds. The second-order valence-corrected chi connectivity index (χ2v) is 5.39. The van der Waals surface area contributed by atoms with E-state index >= 15 is 0 Å². The summed E-state index contributed by atoms with van der Waals surface area (Å²) in [6, 6.07) is 5.71. The van der Waals surface area contributed by atoms with Gasteiger partial charge >= 0.3 is 0 Å². The molecule has 2 aromatic rings. The zero-order chi connectivity index (χ0) is 13.8. The number of benzene rings is 1. The van der Waals surface area contributed by atoms with Crippen molar-refractivity contribution in [1.29, 1.82) is 0 Å². The molecule has 0 unspecified atom stereocenters. The molecule has 1 aromatic heterocycles. The molecule has 4 nitrogen and oxygen atoms in total. The van der Waals surface area contributed by atoms with Gasteiger partial charge in [0, 0.05) is 20.1 Å². The third-order valence-electron chi connectivity index (χ3n) is 2.69. The summed E-state index contributed by atoms with van der Waals surface area (Å²) in [7, 11) is 1.64. The number of halogens is 1. The summed E-state index contributed by atoms with van der Waals surface area (Å²) < 4.78 is 8.07. The second kappa shape index (κ2) is 6.32. The highest BCUT2D eigenvalue weighted by Crippen LogP contribution is 2.25. The summed E-state index contributed by atoms with van der Waals surface area (Å²) in [4.78, 5) is 16.3. The van der Waals surface area contributed by atoms with E-state index in [0.29, 0.717) is 29.4 Å². The van der Waals surface area contributed by atoms with E-state index in [0.717, 1.165) is 10.2 Å². The predicted octanol–water partition coefficient (Wildman–Crippen LogP) is 2.84. The van der Waals surface area contributed by atoms with Gasteiger partial charge in [0.1, 0.15) is 0 Å². The fourth-order valence-corrected chi connectivity index (χ4v) is 3.18. The smallest absolute Gasteiger partial charge is 0.248 e. The summed E-state index contributed by atoms with van der Waals surface area (Å²) in [5, 5.41) is 0.662. The maximum Gasteiger partial charge on any atom is 0.248 e. The molecule has 0 aliphatic heterocycles. The minimum Gasteiger partial charge on any atom is -0.383 e. The lowest BCUT2D eigenvalue weighted by molar-refractivity contribution is -0.117. The highest BCUT2D eigenvalue weighted by molar-refractivity contribution is 7.16. The van der Waals surface area contributed by atoms with Gasteiger partial charge in [0.05, 0.1) is 21.8 Å². The molecule has 0 aliphatic carbocycles. The van der Waals surface area contributed by atoms with Gasteiger partial charge in [-0.25, -0.2) is 0 Å². The predicted molar refractivity (Wildman–Crippen MR) is 77.6 cm³/mol. The number of hydrogen-bond acceptors (Lipinski definition) is 3. The van der Waals surface area contributed by atoms with E-state index < -0.39 is 0 Å². The molecule has 0 bridgehead atoms. The molecule has 6 heteroatoms. The number of rotatable bonds is 4. The van der Waals surface area contributed by atoms with Crippen LogP contribution in [0.25, 0.3) is 10.2 Å². The molecule has 0 aliphatic rings. The normalized spacial score (nSPS) is 12.3. The van der Waals surface area contributed by atoms with Crippen LogP contribution in [0.3, 0.4) is 0 Å². The Kier molecular flexibility index (Phi) is 4.74. The van der Waals surface area contributed by atoms with Gasteiger partial charge in [0.15, 0.2) is 4.80 Å². The minimum atomic E-state index is -0.131. The van der Waals surface area contributed by atoms with Crippen LogP contribution in [0, 0.1) is 0 Å². The van der Waals surface area contributed by atoms with Gasteiger partial charge in [0.2, 0.25) is 5.91 Å². The lowest BCUT2D eigenvalue weighted by Crippen LogP contribution is -2.19. The van der Waals surface area contributed by atoms with Crippen LogP contribution in [0.2, 0.25) is 5.02 Å². The number of nitrogens with zero attached hydrogens (tertiary/aromatic N) is 2. The molecule has 0 saturated heterocycles. The summed E-state index contributed by atoms with van der Waals surface area (Å²) in [5.41, 5.74) is 0.911. The number of thiazole rings is 1. The third-order valence-corrected chi connectivity index (χ3v) is 4.04. The van der Waals surface area contributed by atoms with Crippen molar-refractivity contribution in [3.05, 3.63) is 28.0 Å². The van der Waals surface area contributed by atoms with Crippen LogP contribution < -0.4 is 4.80 Å². The molecule has 102 valence electrons. The third kappa shape index (κ3) is 3.05. The number of carbonyl (C=O) groups excluding carboxylic acids is 1. The lowest BCUT2D eigenvalue weighted by atomic mass is 10.3. The van der Waals surface area contributed by atoms with Crippen molar-refractivity contribution in [2.24, 2.45) is 4.99 Å². The number of para-hydroxylation sites is 1. The van der Waals surface area contributed by atoms with Crippen LogP contribution in [0.15, 0.2) is 23.2 Å². The van der Waals surface area contributed by atoms with Gasteiger partial charge in [-0.2, -0.15) is 4.99 Å². The van der Waals surface area contributed by atoms with Crippen LogP contribution in [-0.2, 0) is 16.1 Å². The Bertz CT molecular complexity index is 660. The van der Waals surface area contributed by atoms with E-state index in [2.05, 4.69) is 4.99 Å². The topological polar surface area (TPSA) is 43.6 Å². The summed E-state index contributed by atoms with van der Waals surface area (Å²) in [5.74, 6) is -0.131. The van der Waals surface area contributed by atoms with Gasteiger partial charge in [0.25, 0.3) is 0 Å². The Morgan fingerprint density at radius 2 is 2.32 bits per heavy atom. The standard InChI is InChI=1S/C13H15ClN2O2S/c1-3-11(17)15-13-16(7-8-18-2)12-9(14)5-4-6-10(12)19-13/h4-6H,3,7-8H2,1-2H3. The van der Waals surface area contributed by atoms with Crippen molar-refractivity contribution in [2.75, 3.05) is 13.7 Å². The Morgan fingerprint density at radius 1 is 1.53 bits per heavy atom. The SMILES string of the molecule is CCC(=O)N=c1sc2cccc(Cl)c2n1CCOC. The number of carbonyl (C=O) groups is 1. The van der Waals surface area contributed by atoms with E-state index in [1.54, 1.807) is 14.0 Å². The van der Waals surface area contributed by atoms with Crippen LogP contribution in [0.4, 0.5) is 0 Å². The van der Waals surface area contributed by atoms with Gasteiger partial charge in [-0.15, -0.1) is 0 Å². The van der Waals surface area contributed by atoms with E-state index in [9.17, 15) is 4.79 Å². The van der Waals surface area contributed by atoms with E-state index in [4.69, 9.17) is 16.3 Å². The van der Waals surface area contributed by atoms with Crippen molar-refractivity contribution < 1.29 is 9.53 Å². The van der Waals surface area contributed by atoms with Gasteiger partial charge in [-0.05, 0) is 12.1 Å². The Balaban J connectivity index is 2.65. The van der Waals surface area contributed by atoms with Crippen LogP contribution in [0.1, 0.15) is 13.3 Å². The van der Waals surface area contributed by atoms with Gasteiger partial charge in [-0.1, -0.05) is 35.9 Å². The number of amides is 1. The van der Waals surface area contributed by atoms with Crippen LogP contribution in [0.5, 0.6) is 0 Å². The Labute approximate surface area is 120 Å². The molecule has 0 radical (unpaired) electrons. The van der Waals surface area contributed by atoms with Crippen molar-refractivity contribution in [3.63, 3.8) is 0 Å². The molecule has 0 spiro atoms. The zero-order valence-corrected chi connectivity index (χ0v) is 12.4. The summed E-state index contributed by atoms with van der Waals surface area (Å²) in [6.45, 7) is 2.96. The van der Waals surface area contributed by atoms with Crippen molar-refractivity contribution in [1.82, 2.24) is 4.57 Å². The molecular weight excluding hydrogens is 284 g/mol. The molecule has 0 N–H and O–H groups in total. The Morgan fingerprint density at radius 3 is 3.00 bits per heavy atom. The average molecular weight is 299 g/mol. The molecule has 2 rings (SSSR count). The summed E-state index contributed by atoms with van der Waals surface area (Å²) in [6.07, 6.45) is 0.395. The average Bonchev–Trinajstić information content (AvgIpc) is 2.75. The van der Waals surface area contributed by atoms with Crippen molar-refractivity contribution in [3.8, 4) is 0 Å². The number of methoxy groups -OCH3 is 1. The maximum atomic E-state index is 11.5. The fraction of sp³-hybridized carbons (Fsp3) is 0.385. The number of hydrogen-bond donors (Lipinski definition) is 0. The van der Waals surface area contributed by atoms with E-state index in [1.807, 2.05) is 22.8 Å². The zero-order valence-electron chi connectivity index (χ0n) is 10.9. The minimum absolute atomic E-state index is 0.131. The largest absolute Gasteiger partial charge is 0.383 e. The first-order valence-electron chi connectivity index (χ1n) is 6.01. The monoisotopic (exact) mass is 298 g/mol. The molecular formula is C13H15ClN2O2S. The van der Waals surface area contributed by atoms with Crippen LogP contribution >= 0.6 is 22.9 Å².